The van der Waals surface area contributed by atoms with Gasteiger partial charge in [-0.15, -0.1) is 0 Å². The Morgan fingerprint density at radius 2 is 1.86 bits per heavy atom. The third-order valence-electron chi connectivity index (χ3n) is 4.61. The molecule has 3 rings (SSSR count). The average Bonchev–Trinajstić information content (AvgIpc) is 2.68. The summed E-state index contributed by atoms with van der Waals surface area (Å²) in [5.74, 6) is -0.460. The summed E-state index contributed by atoms with van der Waals surface area (Å²) < 4.78 is 27.5. The molecule has 1 aliphatic heterocycles. The monoisotopic (exact) mass is 422 g/mol. The molecule has 0 saturated carbocycles. The minimum atomic E-state index is -3.61. The molecule has 1 saturated heterocycles. The lowest BCUT2D eigenvalue weighted by Crippen LogP contribution is -2.35. The van der Waals surface area contributed by atoms with E-state index in [0.717, 1.165) is 19.3 Å². The number of nitrogens with zero attached hydrogens (tertiary/aromatic N) is 3. The van der Waals surface area contributed by atoms with Crippen LogP contribution in [-0.2, 0) is 10.0 Å². The Morgan fingerprint density at radius 1 is 1.14 bits per heavy atom. The number of carbonyl (C=O) groups is 1. The maximum atomic E-state index is 13.0. The molecule has 1 aromatic heterocycles. The number of sulfonamides is 1. The number of nitrogens with one attached hydrogen (secondary N) is 1. The molecule has 0 radical (unpaired) electrons. The van der Waals surface area contributed by atoms with E-state index in [1.807, 2.05) is 14.1 Å². The van der Waals surface area contributed by atoms with E-state index in [1.165, 1.54) is 22.6 Å². The van der Waals surface area contributed by atoms with Crippen LogP contribution in [-0.4, -0.2) is 50.8 Å². The minimum absolute atomic E-state index is 0.154. The molecule has 1 N–H and O–H groups in total. The molecule has 0 atom stereocenters. The zero-order valence-corrected chi connectivity index (χ0v) is 17.4. The van der Waals surface area contributed by atoms with Crippen molar-refractivity contribution in [2.24, 2.45) is 0 Å². The van der Waals surface area contributed by atoms with Gasteiger partial charge in [-0.3, -0.25) is 9.78 Å². The predicted molar refractivity (Wildman–Crippen MR) is 111 cm³/mol. The Kier molecular flexibility index (Phi) is 6.22. The zero-order valence-electron chi connectivity index (χ0n) is 15.9. The van der Waals surface area contributed by atoms with Gasteiger partial charge in [-0.25, -0.2) is 8.42 Å². The molecular weight excluding hydrogens is 400 g/mol. The van der Waals surface area contributed by atoms with Gasteiger partial charge in [0.25, 0.3) is 5.91 Å². The van der Waals surface area contributed by atoms with Crippen molar-refractivity contribution in [3.05, 3.63) is 47.2 Å². The van der Waals surface area contributed by atoms with Crippen molar-refractivity contribution in [2.45, 2.75) is 24.2 Å². The van der Waals surface area contributed by atoms with Crippen LogP contribution in [0.2, 0.25) is 5.02 Å². The van der Waals surface area contributed by atoms with E-state index in [9.17, 15) is 13.2 Å². The van der Waals surface area contributed by atoms with Gasteiger partial charge in [-0.2, -0.15) is 4.31 Å². The molecule has 1 amide bonds. The molecule has 1 fully saturated rings. The van der Waals surface area contributed by atoms with Gasteiger partial charge in [-0.05, 0) is 43.2 Å². The second-order valence-electron chi connectivity index (χ2n) is 6.85. The third kappa shape index (κ3) is 4.45. The van der Waals surface area contributed by atoms with Crippen LogP contribution >= 0.6 is 11.6 Å². The van der Waals surface area contributed by atoms with Gasteiger partial charge in [0.15, 0.2) is 0 Å². The predicted octanol–water partition coefficient (Wildman–Crippen LogP) is 3.23. The largest absolute Gasteiger partial charge is 0.376 e. The van der Waals surface area contributed by atoms with Crippen LogP contribution in [0.1, 0.15) is 29.8 Å². The number of rotatable bonds is 5. The summed E-state index contributed by atoms with van der Waals surface area (Å²) in [6, 6.07) is 7.81. The molecule has 7 nitrogen and oxygen atoms in total. The molecule has 2 aromatic rings. The van der Waals surface area contributed by atoms with Crippen LogP contribution in [0.15, 0.2) is 41.4 Å². The highest BCUT2D eigenvalue weighted by Crippen LogP contribution is 2.30. The SMILES string of the molecule is CN(C)c1ccc(S(=O)(=O)N2CCCCC2)cc1NC(=O)c1cc(Cl)ccn1. The summed E-state index contributed by atoms with van der Waals surface area (Å²) >= 11 is 5.93. The number of carbonyl (C=O) groups excluding carboxylic acids is 1. The Morgan fingerprint density at radius 3 is 2.50 bits per heavy atom. The molecule has 0 aliphatic carbocycles. The lowest BCUT2D eigenvalue weighted by atomic mass is 10.2. The smallest absolute Gasteiger partial charge is 0.274 e. The van der Waals surface area contributed by atoms with Gasteiger partial charge < -0.3 is 10.2 Å². The van der Waals surface area contributed by atoms with E-state index in [0.29, 0.717) is 29.5 Å². The fraction of sp³-hybridized carbons (Fsp3) is 0.368. The first-order valence-corrected chi connectivity index (χ1v) is 10.9. The van der Waals surface area contributed by atoms with Gasteiger partial charge in [0.05, 0.1) is 16.3 Å². The van der Waals surface area contributed by atoms with Crippen molar-refractivity contribution in [1.82, 2.24) is 9.29 Å². The van der Waals surface area contributed by atoms with E-state index in [4.69, 9.17) is 11.6 Å². The first-order valence-electron chi connectivity index (χ1n) is 9.03. The maximum Gasteiger partial charge on any atom is 0.274 e. The molecule has 1 aromatic carbocycles. The number of halogens is 1. The highest BCUT2D eigenvalue weighted by atomic mass is 35.5. The Hall–Kier alpha value is -2.16. The Bertz CT molecular complexity index is 973. The van der Waals surface area contributed by atoms with Crippen molar-refractivity contribution in [3.8, 4) is 0 Å². The number of amides is 1. The summed E-state index contributed by atoms with van der Waals surface area (Å²) in [7, 11) is 0.0344. The topological polar surface area (TPSA) is 82.6 Å². The van der Waals surface area contributed by atoms with Crippen molar-refractivity contribution in [1.29, 1.82) is 0 Å². The summed E-state index contributed by atoms with van der Waals surface area (Å²) in [5.41, 5.74) is 1.24. The lowest BCUT2D eigenvalue weighted by molar-refractivity contribution is 0.102. The summed E-state index contributed by atoms with van der Waals surface area (Å²) in [6.07, 6.45) is 4.21. The zero-order chi connectivity index (χ0) is 20.3. The van der Waals surface area contributed by atoms with E-state index in [1.54, 1.807) is 23.1 Å². The molecular formula is C19H23ClN4O3S. The fourth-order valence-electron chi connectivity index (χ4n) is 3.14. The molecule has 2 heterocycles. The first-order chi connectivity index (χ1) is 13.3. The van der Waals surface area contributed by atoms with Crippen LogP contribution < -0.4 is 10.2 Å². The number of aromatic nitrogens is 1. The Labute approximate surface area is 170 Å². The normalized spacial score (nSPS) is 15.2. The second kappa shape index (κ2) is 8.46. The van der Waals surface area contributed by atoms with E-state index < -0.39 is 15.9 Å². The van der Waals surface area contributed by atoms with E-state index in [-0.39, 0.29) is 10.6 Å². The fourth-order valence-corrected chi connectivity index (χ4v) is 4.84. The molecule has 28 heavy (non-hydrogen) atoms. The summed E-state index contributed by atoms with van der Waals surface area (Å²) in [4.78, 5) is 18.6. The highest BCUT2D eigenvalue weighted by Gasteiger charge is 2.27. The van der Waals surface area contributed by atoms with Crippen LogP contribution in [0.25, 0.3) is 0 Å². The lowest BCUT2D eigenvalue weighted by Gasteiger charge is -2.26. The number of hydrogen-bond acceptors (Lipinski definition) is 5. The number of anilines is 2. The van der Waals surface area contributed by atoms with Gasteiger partial charge in [0.1, 0.15) is 5.69 Å². The summed E-state index contributed by atoms with van der Waals surface area (Å²) in [5, 5.41) is 3.16. The van der Waals surface area contributed by atoms with Crippen LogP contribution in [0, 0.1) is 0 Å². The molecule has 0 bridgehead atoms. The summed E-state index contributed by atoms with van der Waals surface area (Å²) in [6.45, 7) is 1.04. The van der Waals surface area contributed by atoms with Crippen molar-refractivity contribution in [2.75, 3.05) is 37.4 Å². The third-order valence-corrected chi connectivity index (χ3v) is 6.74. The number of piperidine rings is 1. The quantitative estimate of drug-likeness (QED) is 0.799. The van der Waals surface area contributed by atoms with Gasteiger partial charge in [0, 0.05) is 38.4 Å². The average molecular weight is 423 g/mol. The van der Waals surface area contributed by atoms with E-state index in [2.05, 4.69) is 10.3 Å². The molecule has 0 spiro atoms. The Balaban J connectivity index is 1.95. The standard InChI is InChI=1S/C19H23ClN4O3S/c1-23(2)18-7-6-15(28(26,27)24-10-4-3-5-11-24)13-16(18)22-19(25)17-12-14(20)8-9-21-17/h6-9,12-13H,3-5,10-11H2,1-2H3,(H,22,25). The number of benzene rings is 1. The van der Waals surface area contributed by atoms with Crippen LogP contribution in [0.3, 0.4) is 0 Å². The van der Waals surface area contributed by atoms with Crippen molar-refractivity contribution < 1.29 is 13.2 Å². The molecule has 1 aliphatic rings. The number of pyridine rings is 1. The minimum Gasteiger partial charge on any atom is -0.376 e. The molecule has 150 valence electrons. The van der Waals surface area contributed by atoms with Crippen LogP contribution in [0.4, 0.5) is 11.4 Å². The first kappa shape index (κ1) is 20.6. The highest BCUT2D eigenvalue weighted by molar-refractivity contribution is 7.89. The van der Waals surface area contributed by atoms with Gasteiger partial charge in [0.2, 0.25) is 10.0 Å². The van der Waals surface area contributed by atoms with E-state index >= 15 is 0 Å². The van der Waals surface area contributed by atoms with Crippen LogP contribution in [0.5, 0.6) is 0 Å². The number of hydrogen-bond donors (Lipinski definition) is 1. The second-order valence-corrected chi connectivity index (χ2v) is 9.23. The molecule has 9 heteroatoms. The van der Waals surface area contributed by atoms with Gasteiger partial charge >= 0.3 is 0 Å². The van der Waals surface area contributed by atoms with Crippen molar-refractivity contribution in [3.63, 3.8) is 0 Å². The molecule has 0 unspecified atom stereocenters. The maximum absolute atomic E-state index is 13.0. The van der Waals surface area contributed by atoms with Crippen molar-refractivity contribution >= 4 is 38.9 Å². The van der Waals surface area contributed by atoms with Gasteiger partial charge in [-0.1, -0.05) is 18.0 Å².